The Hall–Kier alpha value is -3.92. The van der Waals surface area contributed by atoms with Crippen molar-refractivity contribution >= 4 is 44.4 Å². The first-order chi connectivity index (χ1) is 15.1. The normalized spacial score (nSPS) is 11.2. The maximum absolute atomic E-state index is 12.2. The van der Waals surface area contributed by atoms with Gasteiger partial charge in [-0.15, -0.1) is 11.3 Å². The molecule has 10 heteroatoms. The summed E-state index contributed by atoms with van der Waals surface area (Å²) in [6.45, 7) is 0.421. The Bertz CT molecular complexity index is 1390. The summed E-state index contributed by atoms with van der Waals surface area (Å²) in [5, 5.41) is 14.3. The molecule has 1 aromatic carbocycles. The van der Waals surface area contributed by atoms with Crippen LogP contribution in [0.25, 0.3) is 32.0 Å². The van der Waals surface area contributed by atoms with E-state index in [1.54, 1.807) is 23.7 Å². The lowest BCUT2D eigenvalue weighted by molar-refractivity contribution is 0.0950. The lowest BCUT2D eigenvalue weighted by Crippen LogP contribution is -2.22. The first-order valence-electron chi connectivity index (χ1n) is 9.57. The van der Waals surface area contributed by atoms with Gasteiger partial charge in [0.25, 0.3) is 5.91 Å². The number of aryl methyl sites for hydroxylation is 1. The van der Waals surface area contributed by atoms with Crippen LogP contribution in [0.1, 0.15) is 15.9 Å². The third-order valence-electron chi connectivity index (χ3n) is 4.94. The molecule has 0 bridgehead atoms. The molecule has 0 saturated heterocycles. The Labute approximate surface area is 181 Å². The van der Waals surface area contributed by atoms with Gasteiger partial charge in [0, 0.05) is 26.2 Å². The molecule has 31 heavy (non-hydrogen) atoms. The highest BCUT2D eigenvalue weighted by Gasteiger charge is 2.17. The van der Waals surface area contributed by atoms with E-state index in [0.717, 1.165) is 37.7 Å². The number of thiazole rings is 1. The molecule has 0 aliphatic heterocycles. The third-order valence-corrected chi connectivity index (χ3v) is 6.04. The van der Waals surface area contributed by atoms with E-state index < -0.39 is 0 Å². The van der Waals surface area contributed by atoms with E-state index in [1.165, 1.54) is 12.4 Å². The summed E-state index contributed by atoms with van der Waals surface area (Å²) in [5.74, 6) is 0.534. The molecule has 0 atom stereocenters. The standard InChI is InChI=1S/C21H18N8OS/c1-22-18-15-16(29(2)11-24-15)17-19(27-18)28-21(31-17)13-5-3-12(4-6-13)9-23-20(30)14-7-8-25-26-10-14/h3-8,10-11H,9H2,1-2H3,(H,22,27)(H,23,30). The number of rotatable bonds is 5. The number of fused-ring (bicyclic) bond motifs is 3. The minimum Gasteiger partial charge on any atom is -0.371 e. The second-order valence-corrected chi connectivity index (χ2v) is 7.94. The fourth-order valence-electron chi connectivity index (χ4n) is 3.34. The van der Waals surface area contributed by atoms with Gasteiger partial charge in [-0.05, 0) is 11.6 Å². The molecule has 154 valence electrons. The van der Waals surface area contributed by atoms with E-state index in [1.807, 2.05) is 42.9 Å². The fourth-order valence-corrected chi connectivity index (χ4v) is 4.44. The second-order valence-electron chi connectivity index (χ2n) is 6.95. The summed E-state index contributed by atoms with van der Waals surface area (Å²) in [6, 6.07) is 9.61. The van der Waals surface area contributed by atoms with Crippen molar-refractivity contribution in [2.75, 3.05) is 12.4 Å². The Morgan fingerprint density at radius 3 is 2.71 bits per heavy atom. The van der Waals surface area contributed by atoms with Gasteiger partial charge in [0.1, 0.15) is 15.2 Å². The molecule has 5 aromatic rings. The van der Waals surface area contributed by atoms with E-state index in [0.29, 0.717) is 17.8 Å². The topological polar surface area (TPSA) is 111 Å². The number of carbonyl (C=O) groups excluding carboxylic acids is 1. The molecule has 2 N–H and O–H groups in total. The van der Waals surface area contributed by atoms with E-state index in [9.17, 15) is 4.79 Å². The lowest BCUT2D eigenvalue weighted by Gasteiger charge is -2.05. The van der Waals surface area contributed by atoms with Crippen LogP contribution in [0.4, 0.5) is 5.82 Å². The van der Waals surface area contributed by atoms with Crippen LogP contribution < -0.4 is 10.6 Å². The highest BCUT2D eigenvalue weighted by atomic mass is 32.1. The van der Waals surface area contributed by atoms with Gasteiger partial charge in [-0.3, -0.25) is 4.79 Å². The molecule has 9 nitrogen and oxygen atoms in total. The zero-order chi connectivity index (χ0) is 21.4. The highest BCUT2D eigenvalue weighted by Crippen LogP contribution is 2.35. The number of imidazole rings is 1. The van der Waals surface area contributed by atoms with Crippen molar-refractivity contribution in [1.82, 2.24) is 35.0 Å². The van der Waals surface area contributed by atoms with Gasteiger partial charge >= 0.3 is 0 Å². The smallest absolute Gasteiger partial charge is 0.253 e. The van der Waals surface area contributed by atoms with E-state index in [-0.39, 0.29) is 5.91 Å². The Kier molecular flexibility index (Phi) is 4.75. The minimum absolute atomic E-state index is 0.184. The summed E-state index contributed by atoms with van der Waals surface area (Å²) in [6.07, 6.45) is 4.73. The van der Waals surface area contributed by atoms with Crippen molar-refractivity contribution in [3.63, 3.8) is 0 Å². The zero-order valence-electron chi connectivity index (χ0n) is 16.8. The maximum atomic E-state index is 12.2. The van der Waals surface area contributed by atoms with Crippen molar-refractivity contribution in [2.24, 2.45) is 7.05 Å². The maximum Gasteiger partial charge on any atom is 0.253 e. The van der Waals surface area contributed by atoms with Crippen LogP contribution >= 0.6 is 11.3 Å². The monoisotopic (exact) mass is 430 g/mol. The van der Waals surface area contributed by atoms with Crippen LogP contribution in [0.3, 0.4) is 0 Å². The molecule has 5 rings (SSSR count). The summed E-state index contributed by atoms with van der Waals surface area (Å²) in [7, 11) is 3.80. The van der Waals surface area contributed by atoms with Gasteiger partial charge in [0.2, 0.25) is 0 Å². The zero-order valence-corrected chi connectivity index (χ0v) is 17.6. The van der Waals surface area contributed by atoms with Crippen LogP contribution in [0.2, 0.25) is 0 Å². The number of carbonyl (C=O) groups is 1. The summed E-state index contributed by atoms with van der Waals surface area (Å²) >= 11 is 1.59. The van der Waals surface area contributed by atoms with Crippen molar-refractivity contribution in [3.05, 3.63) is 60.2 Å². The first kappa shape index (κ1) is 19.1. The summed E-state index contributed by atoms with van der Waals surface area (Å²) in [5.41, 5.74) is 5.02. The molecule has 0 spiro atoms. The van der Waals surface area contributed by atoms with Crippen LogP contribution in [0.5, 0.6) is 0 Å². The Morgan fingerprint density at radius 2 is 1.97 bits per heavy atom. The number of amides is 1. The predicted octanol–water partition coefficient (Wildman–Crippen LogP) is 3.01. The van der Waals surface area contributed by atoms with Gasteiger partial charge in [0.15, 0.2) is 11.5 Å². The number of benzene rings is 1. The molecule has 0 unspecified atom stereocenters. The fraction of sp³-hybridized carbons (Fsp3) is 0.143. The van der Waals surface area contributed by atoms with Gasteiger partial charge in [-0.25, -0.2) is 15.0 Å². The quantitative estimate of drug-likeness (QED) is 0.441. The summed E-state index contributed by atoms with van der Waals surface area (Å²) < 4.78 is 3.00. The van der Waals surface area contributed by atoms with Crippen molar-refractivity contribution in [3.8, 4) is 10.6 Å². The molecule has 0 fully saturated rings. The number of anilines is 1. The van der Waals surface area contributed by atoms with Gasteiger partial charge in [0.05, 0.1) is 29.8 Å². The molecule has 4 aromatic heterocycles. The van der Waals surface area contributed by atoms with E-state index in [4.69, 9.17) is 4.98 Å². The van der Waals surface area contributed by atoms with Crippen molar-refractivity contribution in [1.29, 1.82) is 0 Å². The number of nitrogens with one attached hydrogen (secondary N) is 2. The molecule has 0 aliphatic rings. The van der Waals surface area contributed by atoms with E-state index in [2.05, 4.69) is 30.8 Å². The second kappa shape index (κ2) is 7.73. The average Bonchev–Trinajstić information content (AvgIpc) is 3.41. The largest absolute Gasteiger partial charge is 0.371 e. The Morgan fingerprint density at radius 1 is 1.13 bits per heavy atom. The van der Waals surface area contributed by atoms with E-state index >= 15 is 0 Å². The van der Waals surface area contributed by atoms with Gasteiger partial charge in [-0.1, -0.05) is 24.3 Å². The molecule has 0 radical (unpaired) electrons. The lowest BCUT2D eigenvalue weighted by atomic mass is 10.1. The molecule has 4 heterocycles. The highest BCUT2D eigenvalue weighted by molar-refractivity contribution is 7.22. The number of aromatic nitrogens is 6. The predicted molar refractivity (Wildman–Crippen MR) is 120 cm³/mol. The SMILES string of the molecule is CNc1nc2nc(-c3ccc(CNC(=O)c4ccnnc4)cc3)sc2c2c1ncn2C. The van der Waals surface area contributed by atoms with Crippen LogP contribution in [-0.4, -0.2) is 42.7 Å². The van der Waals surface area contributed by atoms with Crippen molar-refractivity contribution in [2.45, 2.75) is 6.54 Å². The summed E-state index contributed by atoms with van der Waals surface area (Å²) in [4.78, 5) is 26.0. The van der Waals surface area contributed by atoms with Crippen molar-refractivity contribution < 1.29 is 4.79 Å². The Balaban J connectivity index is 1.40. The number of hydrogen-bond acceptors (Lipinski definition) is 8. The van der Waals surface area contributed by atoms with Crippen LogP contribution in [0.15, 0.2) is 49.1 Å². The number of nitrogens with zero attached hydrogens (tertiary/aromatic N) is 6. The molecule has 1 amide bonds. The molecule has 0 saturated carbocycles. The number of hydrogen-bond donors (Lipinski definition) is 2. The van der Waals surface area contributed by atoms with Gasteiger partial charge in [-0.2, -0.15) is 10.2 Å². The molecular weight excluding hydrogens is 412 g/mol. The van der Waals surface area contributed by atoms with Crippen LogP contribution in [-0.2, 0) is 13.6 Å². The number of pyridine rings is 1. The first-order valence-corrected chi connectivity index (χ1v) is 10.4. The van der Waals surface area contributed by atoms with Gasteiger partial charge < -0.3 is 15.2 Å². The molecule has 0 aliphatic carbocycles. The molecular formula is C21H18N8OS. The average molecular weight is 430 g/mol. The van der Waals surface area contributed by atoms with Crippen LogP contribution in [0, 0.1) is 0 Å². The minimum atomic E-state index is -0.184. The third kappa shape index (κ3) is 3.46.